The highest BCUT2D eigenvalue weighted by Gasteiger charge is 2.29. The predicted molar refractivity (Wildman–Crippen MR) is 123 cm³/mol. The van der Waals surface area contributed by atoms with E-state index < -0.39 is 24.6 Å². The second-order valence-electron chi connectivity index (χ2n) is 8.32. The number of carbonyl (C=O) groups excluding carboxylic acids is 2. The van der Waals surface area contributed by atoms with Crippen molar-refractivity contribution in [2.45, 2.75) is 50.7 Å². The van der Waals surface area contributed by atoms with E-state index in [1.807, 2.05) is 31.2 Å². The van der Waals surface area contributed by atoms with E-state index in [0.717, 1.165) is 11.1 Å². The molecule has 0 spiro atoms. The van der Waals surface area contributed by atoms with Gasteiger partial charge < -0.3 is 25.6 Å². The maximum absolute atomic E-state index is 12.3. The zero-order valence-corrected chi connectivity index (χ0v) is 18.6. The molecule has 2 aromatic carbocycles. The van der Waals surface area contributed by atoms with E-state index in [2.05, 4.69) is 34.9 Å². The Kier molecular flexibility index (Phi) is 8.43. The molecule has 2 aromatic rings. The molecule has 2 atom stereocenters. The molecule has 0 radical (unpaired) electrons. The largest absolute Gasteiger partial charge is 0.481 e. The number of fused-ring (bicyclic) bond motifs is 3. The van der Waals surface area contributed by atoms with Crippen molar-refractivity contribution in [3.05, 3.63) is 59.7 Å². The van der Waals surface area contributed by atoms with Gasteiger partial charge in [-0.3, -0.25) is 9.59 Å². The number of benzene rings is 2. The Labute approximate surface area is 193 Å². The Morgan fingerprint density at radius 1 is 1.03 bits per heavy atom. The molecule has 3 rings (SSSR count). The number of aliphatic hydroxyl groups is 1. The van der Waals surface area contributed by atoms with Gasteiger partial charge in [-0.25, -0.2) is 4.79 Å². The SMILES string of the molecule is CC(CCCC(=O)NCC(O)CC(=O)O)NC(=O)OCC1c2ccccc2-c2ccccc21. The fraction of sp³-hybridized carbons (Fsp3) is 0.400. The van der Waals surface area contributed by atoms with Crippen LogP contribution in [0, 0.1) is 0 Å². The standard InChI is InChI=1S/C25H30N2O6/c1-16(7-6-12-23(29)26-14-17(28)13-24(30)31)27-25(32)33-15-22-20-10-4-2-8-18(20)19-9-3-5-11-21(19)22/h2-5,8-11,16-17,22,28H,6-7,12-15H2,1H3,(H,26,29)(H,27,32)(H,30,31). The van der Waals surface area contributed by atoms with Gasteiger partial charge in [0.25, 0.3) is 0 Å². The zero-order chi connectivity index (χ0) is 23.8. The third kappa shape index (κ3) is 6.79. The first-order chi connectivity index (χ1) is 15.8. The number of carbonyl (C=O) groups is 3. The monoisotopic (exact) mass is 454 g/mol. The van der Waals surface area contributed by atoms with Crippen LogP contribution in [-0.4, -0.2) is 53.5 Å². The van der Waals surface area contributed by atoms with Crippen LogP contribution in [0.15, 0.2) is 48.5 Å². The van der Waals surface area contributed by atoms with Crippen LogP contribution in [0.3, 0.4) is 0 Å². The molecular formula is C25H30N2O6. The molecule has 1 aliphatic rings. The predicted octanol–water partition coefficient (Wildman–Crippen LogP) is 3.04. The molecule has 4 N–H and O–H groups in total. The van der Waals surface area contributed by atoms with E-state index in [0.29, 0.717) is 12.8 Å². The first kappa shape index (κ1) is 24.3. The summed E-state index contributed by atoms with van der Waals surface area (Å²) < 4.78 is 5.53. The fourth-order valence-electron chi connectivity index (χ4n) is 4.08. The van der Waals surface area contributed by atoms with Gasteiger partial charge in [0.05, 0.1) is 12.5 Å². The maximum Gasteiger partial charge on any atom is 0.407 e. The van der Waals surface area contributed by atoms with E-state index in [9.17, 15) is 19.5 Å². The third-order valence-electron chi connectivity index (χ3n) is 5.69. The number of ether oxygens (including phenoxy) is 1. The number of carboxylic acid groups (broad SMARTS) is 1. The number of hydrogen-bond donors (Lipinski definition) is 4. The first-order valence-corrected chi connectivity index (χ1v) is 11.1. The highest BCUT2D eigenvalue weighted by atomic mass is 16.5. The van der Waals surface area contributed by atoms with Gasteiger partial charge in [-0.15, -0.1) is 0 Å². The number of amides is 2. The van der Waals surface area contributed by atoms with Gasteiger partial charge in [0, 0.05) is 24.9 Å². The average Bonchev–Trinajstić information content (AvgIpc) is 3.09. The van der Waals surface area contributed by atoms with Crippen LogP contribution in [0.5, 0.6) is 0 Å². The summed E-state index contributed by atoms with van der Waals surface area (Å²) in [5.74, 6) is -1.39. The number of hydrogen-bond acceptors (Lipinski definition) is 5. The Balaban J connectivity index is 1.38. The number of carboxylic acids is 1. The number of nitrogens with one attached hydrogen (secondary N) is 2. The van der Waals surface area contributed by atoms with Gasteiger partial charge in [0.2, 0.25) is 5.91 Å². The minimum Gasteiger partial charge on any atom is -0.481 e. The fourth-order valence-corrected chi connectivity index (χ4v) is 4.08. The molecule has 2 unspecified atom stereocenters. The summed E-state index contributed by atoms with van der Waals surface area (Å²) in [6, 6.07) is 16.1. The molecular weight excluding hydrogens is 424 g/mol. The van der Waals surface area contributed by atoms with Gasteiger partial charge in [0.1, 0.15) is 6.61 Å². The van der Waals surface area contributed by atoms with Crippen LogP contribution >= 0.6 is 0 Å². The van der Waals surface area contributed by atoms with Crippen molar-refractivity contribution in [1.82, 2.24) is 10.6 Å². The molecule has 0 saturated carbocycles. The number of aliphatic hydroxyl groups excluding tert-OH is 1. The van der Waals surface area contributed by atoms with Gasteiger partial charge in [0.15, 0.2) is 0 Å². The van der Waals surface area contributed by atoms with Crippen LogP contribution in [0.1, 0.15) is 49.7 Å². The van der Waals surface area contributed by atoms with Crippen molar-refractivity contribution < 1.29 is 29.3 Å². The highest BCUT2D eigenvalue weighted by Crippen LogP contribution is 2.44. The maximum atomic E-state index is 12.3. The lowest BCUT2D eigenvalue weighted by molar-refractivity contribution is -0.139. The van der Waals surface area contributed by atoms with E-state index in [1.54, 1.807) is 0 Å². The van der Waals surface area contributed by atoms with Crippen LogP contribution in [0.2, 0.25) is 0 Å². The summed E-state index contributed by atoms with van der Waals surface area (Å²) in [5, 5.41) is 23.4. The molecule has 33 heavy (non-hydrogen) atoms. The minimum absolute atomic E-state index is 0.00127. The normalized spacial score (nSPS) is 14.0. The Bertz CT molecular complexity index is 947. The van der Waals surface area contributed by atoms with Gasteiger partial charge in [-0.05, 0) is 42.0 Å². The molecule has 176 valence electrons. The first-order valence-electron chi connectivity index (χ1n) is 11.1. The van der Waals surface area contributed by atoms with E-state index in [1.165, 1.54) is 11.1 Å². The number of alkyl carbamates (subject to hydrolysis) is 1. The molecule has 2 amide bonds. The Hall–Kier alpha value is -3.39. The highest BCUT2D eigenvalue weighted by molar-refractivity contribution is 5.79. The Morgan fingerprint density at radius 2 is 1.64 bits per heavy atom. The lowest BCUT2D eigenvalue weighted by Crippen LogP contribution is -2.35. The Morgan fingerprint density at radius 3 is 2.24 bits per heavy atom. The van der Waals surface area contributed by atoms with Crippen molar-refractivity contribution in [2.24, 2.45) is 0 Å². The lowest BCUT2D eigenvalue weighted by Gasteiger charge is -2.17. The third-order valence-corrected chi connectivity index (χ3v) is 5.69. The molecule has 1 aliphatic carbocycles. The van der Waals surface area contributed by atoms with Crippen molar-refractivity contribution >= 4 is 18.0 Å². The molecule has 8 nitrogen and oxygen atoms in total. The van der Waals surface area contributed by atoms with Crippen LogP contribution < -0.4 is 10.6 Å². The van der Waals surface area contributed by atoms with E-state index in [-0.39, 0.29) is 37.4 Å². The van der Waals surface area contributed by atoms with Crippen LogP contribution in [-0.2, 0) is 14.3 Å². The molecule has 0 aromatic heterocycles. The van der Waals surface area contributed by atoms with Crippen molar-refractivity contribution in [2.75, 3.05) is 13.2 Å². The van der Waals surface area contributed by atoms with E-state index in [4.69, 9.17) is 9.84 Å². The summed E-state index contributed by atoms with van der Waals surface area (Å²) in [5.41, 5.74) is 4.64. The number of aliphatic carboxylic acids is 1. The summed E-state index contributed by atoms with van der Waals surface area (Å²) in [6.07, 6.45) is -0.690. The smallest absolute Gasteiger partial charge is 0.407 e. The quantitative estimate of drug-likeness (QED) is 0.414. The van der Waals surface area contributed by atoms with Crippen LogP contribution in [0.25, 0.3) is 11.1 Å². The topological polar surface area (TPSA) is 125 Å². The van der Waals surface area contributed by atoms with Crippen molar-refractivity contribution in [3.8, 4) is 11.1 Å². The lowest BCUT2D eigenvalue weighted by atomic mass is 9.98. The summed E-state index contributed by atoms with van der Waals surface area (Å²) in [4.78, 5) is 34.6. The minimum atomic E-state index is -1.12. The molecule has 0 fully saturated rings. The second-order valence-corrected chi connectivity index (χ2v) is 8.32. The van der Waals surface area contributed by atoms with Gasteiger partial charge >= 0.3 is 12.1 Å². The molecule has 0 aliphatic heterocycles. The molecule has 8 heteroatoms. The zero-order valence-electron chi connectivity index (χ0n) is 18.6. The van der Waals surface area contributed by atoms with Gasteiger partial charge in [-0.2, -0.15) is 0 Å². The van der Waals surface area contributed by atoms with Gasteiger partial charge in [-0.1, -0.05) is 48.5 Å². The van der Waals surface area contributed by atoms with E-state index >= 15 is 0 Å². The summed E-state index contributed by atoms with van der Waals surface area (Å²) in [6.45, 7) is 1.99. The van der Waals surface area contributed by atoms with Crippen molar-refractivity contribution in [1.29, 1.82) is 0 Å². The molecule has 0 saturated heterocycles. The average molecular weight is 455 g/mol. The van der Waals surface area contributed by atoms with Crippen LogP contribution in [0.4, 0.5) is 4.79 Å². The second kappa shape index (κ2) is 11.5. The molecule has 0 heterocycles. The van der Waals surface area contributed by atoms with Crippen molar-refractivity contribution in [3.63, 3.8) is 0 Å². The summed E-state index contributed by atoms with van der Waals surface area (Å²) in [7, 11) is 0. The molecule has 0 bridgehead atoms. The summed E-state index contributed by atoms with van der Waals surface area (Å²) >= 11 is 0. The number of rotatable bonds is 11.